The fraction of sp³-hybridized carbons (Fsp3) is 0.625. The molecule has 0 spiro atoms. The molecule has 1 saturated heterocycles. The smallest absolute Gasteiger partial charge is 0.0632 e. The van der Waals surface area contributed by atoms with Crippen LogP contribution >= 0.6 is 0 Å². The molecular formula is C16H23NO. The van der Waals surface area contributed by atoms with Gasteiger partial charge in [0, 0.05) is 19.0 Å². The number of benzene rings is 1. The Kier molecular flexibility index (Phi) is 3.16. The lowest BCUT2D eigenvalue weighted by molar-refractivity contribution is 0.0444. The van der Waals surface area contributed by atoms with Crippen molar-refractivity contribution in [2.75, 3.05) is 19.6 Å². The average molecular weight is 245 g/mol. The number of nitrogens with zero attached hydrogens (tertiary/aromatic N) is 1. The molecule has 3 rings (SSSR count). The molecule has 1 N–H and O–H groups in total. The molecule has 1 aromatic carbocycles. The highest BCUT2D eigenvalue weighted by Gasteiger charge is 2.30. The largest absolute Gasteiger partial charge is 0.390 e. The molecule has 2 unspecified atom stereocenters. The molecule has 1 heterocycles. The molecule has 0 bridgehead atoms. The first-order valence-electron chi connectivity index (χ1n) is 7.17. The van der Waals surface area contributed by atoms with Gasteiger partial charge in [-0.05, 0) is 50.3 Å². The zero-order valence-electron chi connectivity index (χ0n) is 11.2. The van der Waals surface area contributed by atoms with E-state index >= 15 is 0 Å². The average Bonchev–Trinajstić information content (AvgIpc) is 2.48. The maximum atomic E-state index is 10.1. The van der Waals surface area contributed by atoms with Gasteiger partial charge in [-0.2, -0.15) is 0 Å². The number of likely N-dealkylation sites (tertiary alicyclic amines) is 1. The Morgan fingerprint density at radius 2 is 2.11 bits per heavy atom. The van der Waals surface area contributed by atoms with Gasteiger partial charge in [0.05, 0.1) is 5.60 Å². The minimum Gasteiger partial charge on any atom is -0.390 e. The monoisotopic (exact) mass is 245 g/mol. The molecule has 98 valence electrons. The Hall–Kier alpha value is -0.860. The second kappa shape index (κ2) is 4.67. The summed E-state index contributed by atoms with van der Waals surface area (Å²) in [6, 6.07) is 8.81. The van der Waals surface area contributed by atoms with Crippen molar-refractivity contribution in [1.82, 2.24) is 4.90 Å². The highest BCUT2D eigenvalue weighted by atomic mass is 16.3. The van der Waals surface area contributed by atoms with Crippen molar-refractivity contribution < 1.29 is 5.11 Å². The van der Waals surface area contributed by atoms with E-state index in [2.05, 4.69) is 29.2 Å². The zero-order chi connectivity index (χ0) is 12.6. The molecule has 0 saturated carbocycles. The minimum atomic E-state index is -0.438. The van der Waals surface area contributed by atoms with E-state index in [0.717, 1.165) is 38.3 Å². The van der Waals surface area contributed by atoms with Crippen molar-refractivity contribution >= 4 is 0 Å². The van der Waals surface area contributed by atoms with Gasteiger partial charge in [0.1, 0.15) is 0 Å². The Bertz CT molecular complexity index is 427. The van der Waals surface area contributed by atoms with E-state index in [0.29, 0.717) is 0 Å². The lowest BCUT2D eigenvalue weighted by atomic mass is 9.77. The van der Waals surface area contributed by atoms with Gasteiger partial charge in [0.15, 0.2) is 0 Å². The Labute approximate surface area is 110 Å². The molecule has 2 atom stereocenters. The molecule has 0 amide bonds. The van der Waals surface area contributed by atoms with Gasteiger partial charge >= 0.3 is 0 Å². The fourth-order valence-electron chi connectivity index (χ4n) is 3.34. The Balaban J connectivity index is 1.59. The van der Waals surface area contributed by atoms with Gasteiger partial charge in [0.2, 0.25) is 0 Å². The van der Waals surface area contributed by atoms with E-state index in [1.807, 2.05) is 6.92 Å². The van der Waals surface area contributed by atoms with Crippen LogP contribution in [0.4, 0.5) is 0 Å². The highest BCUT2D eigenvalue weighted by molar-refractivity contribution is 5.40. The van der Waals surface area contributed by atoms with Gasteiger partial charge in [-0.3, -0.25) is 0 Å². The molecule has 0 radical (unpaired) electrons. The van der Waals surface area contributed by atoms with Crippen molar-refractivity contribution in [3.8, 4) is 0 Å². The summed E-state index contributed by atoms with van der Waals surface area (Å²) in [5.41, 5.74) is 2.64. The third-order valence-corrected chi connectivity index (χ3v) is 4.60. The van der Waals surface area contributed by atoms with E-state index in [4.69, 9.17) is 0 Å². The molecule has 18 heavy (non-hydrogen) atoms. The summed E-state index contributed by atoms with van der Waals surface area (Å²) in [6.45, 7) is 5.35. The van der Waals surface area contributed by atoms with Gasteiger partial charge in [-0.1, -0.05) is 24.3 Å². The topological polar surface area (TPSA) is 23.5 Å². The Morgan fingerprint density at radius 3 is 2.94 bits per heavy atom. The van der Waals surface area contributed by atoms with E-state index in [9.17, 15) is 5.11 Å². The summed E-state index contributed by atoms with van der Waals surface area (Å²) in [7, 11) is 0. The summed E-state index contributed by atoms with van der Waals surface area (Å²) >= 11 is 0. The Morgan fingerprint density at radius 1 is 1.28 bits per heavy atom. The minimum absolute atomic E-state index is 0.438. The lowest BCUT2D eigenvalue weighted by Crippen LogP contribution is -2.35. The normalized spacial score (nSPS) is 32.4. The molecular weight excluding hydrogens is 222 g/mol. The second-order valence-electron chi connectivity index (χ2n) is 6.25. The van der Waals surface area contributed by atoms with Crippen LogP contribution in [0.5, 0.6) is 0 Å². The highest BCUT2D eigenvalue weighted by Crippen LogP contribution is 2.36. The van der Waals surface area contributed by atoms with Crippen LogP contribution in [0.1, 0.15) is 43.2 Å². The fourth-order valence-corrected chi connectivity index (χ4v) is 3.34. The third-order valence-electron chi connectivity index (χ3n) is 4.60. The quantitative estimate of drug-likeness (QED) is 0.865. The predicted octanol–water partition coefficient (Wildman–Crippen LogP) is 2.56. The summed E-state index contributed by atoms with van der Waals surface area (Å²) < 4.78 is 0. The van der Waals surface area contributed by atoms with E-state index in [1.165, 1.54) is 18.5 Å². The van der Waals surface area contributed by atoms with Gasteiger partial charge in [0.25, 0.3) is 0 Å². The van der Waals surface area contributed by atoms with Gasteiger partial charge < -0.3 is 10.0 Å². The van der Waals surface area contributed by atoms with Crippen LogP contribution in [0, 0.1) is 0 Å². The van der Waals surface area contributed by atoms with Crippen molar-refractivity contribution in [2.45, 2.75) is 44.1 Å². The summed E-state index contributed by atoms with van der Waals surface area (Å²) in [5.74, 6) is 0.726. The van der Waals surface area contributed by atoms with Crippen LogP contribution < -0.4 is 0 Å². The van der Waals surface area contributed by atoms with Crippen molar-refractivity contribution in [3.63, 3.8) is 0 Å². The summed E-state index contributed by atoms with van der Waals surface area (Å²) in [5, 5.41) is 10.1. The molecule has 2 heteroatoms. The van der Waals surface area contributed by atoms with Crippen molar-refractivity contribution in [1.29, 1.82) is 0 Å². The predicted molar refractivity (Wildman–Crippen MR) is 73.8 cm³/mol. The maximum Gasteiger partial charge on any atom is 0.0632 e. The van der Waals surface area contributed by atoms with Gasteiger partial charge in [-0.25, -0.2) is 0 Å². The maximum absolute atomic E-state index is 10.1. The molecule has 2 nitrogen and oxygen atoms in total. The summed E-state index contributed by atoms with van der Waals surface area (Å²) in [4.78, 5) is 2.54. The number of hydrogen-bond donors (Lipinski definition) is 1. The van der Waals surface area contributed by atoms with Crippen molar-refractivity contribution in [2.24, 2.45) is 0 Å². The third kappa shape index (κ3) is 2.45. The molecule has 1 aliphatic heterocycles. The van der Waals surface area contributed by atoms with Crippen LogP contribution in [0.15, 0.2) is 24.3 Å². The zero-order valence-corrected chi connectivity index (χ0v) is 11.2. The first-order chi connectivity index (χ1) is 8.64. The first kappa shape index (κ1) is 12.2. The van der Waals surface area contributed by atoms with Crippen LogP contribution in [0.2, 0.25) is 0 Å². The molecule has 2 aliphatic rings. The molecule has 1 fully saturated rings. The number of hydrogen-bond acceptors (Lipinski definition) is 2. The van der Waals surface area contributed by atoms with Crippen LogP contribution in [0.25, 0.3) is 0 Å². The van der Waals surface area contributed by atoms with E-state index < -0.39 is 5.60 Å². The van der Waals surface area contributed by atoms with Crippen LogP contribution in [-0.2, 0) is 6.42 Å². The van der Waals surface area contributed by atoms with Crippen molar-refractivity contribution in [3.05, 3.63) is 35.4 Å². The van der Waals surface area contributed by atoms with E-state index in [-0.39, 0.29) is 0 Å². The van der Waals surface area contributed by atoms with Crippen LogP contribution in [0.3, 0.4) is 0 Å². The molecule has 1 aliphatic carbocycles. The number of rotatable bonds is 2. The van der Waals surface area contributed by atoms with E-state index in [1.54, 1.807) is 5.56 Å². The molecule has 0 aromatic heterocycles. The first-order valence-corrected chi connectivity index (χ1v) is 7.17. The number of aliphatic hydroxyl groups is 1. The SMILES string of the molecule is CC1(O)CCCN(CC2Cc3ccccc32)CC1. The summed E-state index contributed by atoms with van der Waals surface area (Å²) in [6.07, 6.45) is 4.23. The molecule has 1 aromatic rings. The van der Waals surface area contributed by atoms with Crippen LogP contribution in [-0.4, -0.2) is 35.2 Å². The standard InChI is InChI=1S/C16H23NO/c1-16(18)7-4-9-17(10-8-16)12-14-11-13-5-2-3-6-15(13)14/h2-3,5-6,14,18H,4,7-12H2,1H3. The number of fused-ring (bicyclic) bond motifs is 1. The second-order valence-corrected chi connectivity index (χ2v) is 6.25. The lowest BCUT2D eigenvalue weighted by Gasteiger charge is -2.34. The van der Waals surface area contributed by atoms with Gasteiger partial charge in [-0.15, -0.1) is 0 Å².